The maximum atomic E-state index is 13.3. The van der Waals surface area contributed by atoms with Gasteiger partial charge in [-0.15, -0.1) is 11.3 Å². The highest BCUT2D eigenvalue weighted by molar-refractivity contribution is 7.17. The van der Waals surface area contributed by atoms with Crippen LogP contribution in [0.2, 0.25) is 0 Å². The summed E-state index contributed by atoms with van der Waals surface area (Å²) in [5, 5.41) is 15.9. The van der Waals surface area contributed by atoms with Crippen molar-refractivity contribution < 1.29 is 14.5 Å². The van der Waals surface area contributed by atoms with Crippen molar-refractivity contribution in [3.05, 3.63) is 80.7 Å². The van der Waals surface area contributed by atoms with Crippen molar-refractivity contribution in [3.63, 3.8) is 0 Å². The Balaban J connectivity index is 1.68. The van der Waals surface area contributed by atoms with Gasteiger partial charge < -0.3 is 10.1 Å². The number of fused-ring (bicyclic) bond motifs is 1. The van der Waals surface area contributed by atoms with Crippen molar-refractivity contribution in [1.29, 1.82) is 0 Å². The Kier molecular flexibility index (Phi) is 6.18. The SMILES string of the molecule is CCOc1ccccc1NC(=O)C(C)n1cnc2scc(-c3ccc([N+](=O)[O-])cc3)c2c1=O. The molecule has 1 amide bonds. The first-order valence-corrected chi connectivity index (χ1v) is 11.0. The zero-order valence-corrected chi connectivity index (χ0v) is 18.7. The van der Waals surface area contributed by atoms with E-state index in [-0.39, 0.29) is 11.2 Å². The topological polar surface area (TPSA) is 116 Å². The number of para-hydroxylation sites is 2. The number of nitrogens with one attached hydrogen (secondary N) is 1. The Morgan fingerprint density at radius 1 is 1.24 bits per heavy atom. The smallest absolute Gasteiger partial charge is 0.269 e. The van der Waals surface area contributed by atoms with Crippen LogP contribution in [0.1, 0.15) is 19.9 Å². The molecule has 9 nitrogen and oxygen atoms in total. The fourth-order valence-electron chi connectivity index (χ4n) is 3.41. The van der Waals surface area contributed by atoms with E-state index in [1.54, 1.807) is 42.6 Å². The van der Waals surface area contributed by atoms with Crippen LogP contribution in [0.3, 0.4) is 0 Å². The Hall–Kier alpha value is -4.05. The monoisotopic (exact) mass is 464 g/mol. The van der Waals surface area contributed by atoms with Crippen molar-refractivity contribution >= 4 is 38.8 Å². The van der Waals surface area contributed by atoms with Gasteiger partial charge in [0.05, 0.1) is 28.9 Å². The average molecular weight is 465 g/mol. The Morgan fingerprint density at radius 3 is 2.67 bits per heavy atom. The van der Waals surface area contributed by atoms with E-state index < -0.39 is 16.9 Å². The van der Waals surface area contributed by atoms with Gasteiger partial charge in [-0.05, 0) is 43.7 Å². The minimum absolute atomic E-state index is 0.0357. The maximum Gasteiger partial charge on any atom is 0.269 e. The van der Waals surface area contributed by atoms with Crippen LogP contribution in [0.25, 0.3) is 21.3 Å². The minimum Gasteiger partial charge on any atom is -0.492 e. The molecular formula is C23H20N4O5S. The van der Waals surface area contributed by atoms with Gasteiger partial charge in [0.15, 0.2) is 0 Å². The Labute approximate surface area is 192 Å². The van der Waals surface area contributed by atoms with Crippen LogP contribution in [0, 0.1) is 10.1 Å². The van der Waals surface area contributed by atoms with Crippen LogP contribution in [0.5, 0.6) is 5.75 Å². The van der Waals surface area contributed by atoms with Crippen LogP contribution in [-0.4, -0.2) is 27.0 Å². The third kappa shape index (κ3) is 4.33. The fourth-order valence-corrected chi connectivity index (χ4v) is 4.32. The molecule has 0 aliphatic rings. The molecule has 1 atom stereocenters. The molecule has 0 radical (unpaired) electrons. The number of carbonyl (C=O) groups excluding carboxylic acids is 1. The number of nitro groups is 1. The third-order valence-electron chi connectivity index (χ3n) is 5.15. The molecule has 0 saturated heterocycles. The van der Waals surface area contributed by atoms with E-state index in [2.05, 4.69) is 10.3 Å². The summed E-state index contributed by atoms with van der Waals surface area (Å²) in [5.41, 5.74) is 1.39. The van der Waals surface area contributed by atoms with E-state index in [4.69, 9.17) is 4.74 Å². The van der Waals surface area contributed by atoms with E-state index in [0.717, 1.165) is 0 Å². The molecule has 4 aromatic rings. The lowest BCUT2D eigenvalue weighted by Gasteiger charge is -2.17. The highest BCUT2D eigenvalue weighted by Gasteiger charge is 2.21. The minimum atomic E-state index is -0.839. The Bertz CT molecular complexity index is 1390. The number of carbonyl (C=O) groups is 1. The van der Waals surface area contributed by atoms with Crippen molar-refractivity contribution in [1.82, 2.24) is 9.55 Å². The van der Waals surface area contributed by atoms with Crippen LogP contribution >= 0.6 is 11.3 Å². The molecule has 0 aliphatic heterocycles. The summed E-state index contributed by atoms with van der Waals surface area (Å²) >= 11 is 1.30. The van der Waals surface area contributed by atoms with E-state index in [0.29, 0.717) is 39.4 Å². The van der Waals surface area contributed by atoms with E-state index in [1.807, 2.05) is 13.0 Å². The number of non-ortho nitro benzene ring substituents is 1. The molecule has 0 saturated carbocycles. The van der Waals surface area contributed by atoms with Crippen molar-refractivity contribution in [2.45, 2.75) is 19.9 Å². The van der Waals surface area contributed by atoms with Gasteiger partial charge in [-0.2, -0.15) is 0 Å². The van der Waals surface area contributed by atoms with Crippen molar-refractivity contribution in [2.24, 2.45) is 0 Å². The summed E-state index contributed by atoms with van der Waals surface area (Å²) in [6, 6.07) is 12.2. The largest absolute Gasteiger partial charge is 0.492 e. The van der Waals surface area contributed by atoms with Gasteiger partial charge in [-0.3, -0.25) is 24.3 Å². The van der Waals surface area contributed by atoms with Gasteiger partial charge in [0.25, 0.3) is 11.2 Å². The van der Waals surface area contributed by atoms with E-state index >= 15 is 0 Å². The lowest BCUT2D eigenvalue weighted by molar-refractivity contribution is -0.384. The standard InChI is InChI=1S/C23H20N4O5S/c1-3-32-19-7-5-4-6-18(19)25-21(28)14(2)26-13-24-22-20(23(26)29)17(12-33-22)15-8-10-16(11-9-15)27(30)31/h4-14H,3H2,1-2H3,(H,25,28). The molecular weight excluding hydrogens is 444 g/mol. The molecule has 168 valence electrons. The number of benzene rings is 2. The molecule has 2 heterocycles. The number of nitro benzene ring substituents is 1. The maximum absolute atomic E-state index is 13.3. The summed E-state index contributed by atoms with van der Waals surface area (Å²) in [4.78, 5) is 41.6. The normalized spacial score (nSPS) is 11.8. The van der Waals surface area contributed by atoms with Crippen LogP contribution in [-0.2, 0) is 4.79 Å². The highest BCUT2D eigenvalue weighted by atomic mass is 32.1. The Morgan fingerprint density at radius 2 is 1.97 bits per heavy atom. The molecule has 4 rings (SSSR count). The number of hydrogen-bond donors (Lipinski definition) is 1. The van der Waals surface area contributed by atoms with E-state index in [9.17, 15) is 19.7 Å². The molecule has 0 aliphatic carbocycles. The second kappa shape index (κ2) is 9.21. The molecule has 33 heavy (non-hydrogen) atoms. The fraction of sp³-hybridized carbons (Fsp3) is 0.174. The number of anilines is 1. The van der Waals surface area contributed by atoms with Gasteiger partial charge in [-0.1, -0.05) is 12.1 Å². The molecule has 2 aromatic heterocycles. The summed E-state index contributed by atoms with van der Waals surface area (Å²) in [7, 11) is 0. The van der Waals surface area contributed by atoms with Gasteiger partial charge in [0.2, 0.25) is 5.91 Å². The second-order valence-electron chi connectivity index (χ2n) is 7.18. The molecule has 0 fully saturated rings. The van der Waals surface area contributed by atoms with E-state index in [1.165, 1.54) is 34.4 Å². The summed E-state index contributed by atoms with van der Waals surface area (Å²) < 4.78 is 6.83. The number of aromatic nitrogens is 2. The molecule has 10 heteroatoms. The van der Waals surface area contributed by atoms with Gasteiger partial charge >= 0.3 is 0 Å². The van der Waals surface area contributed by atoms with Gasteiger partial charge in [0.1, 0.15) is 16.6 Å². The first kappa shape index (κ1) is 22.2. The first-order chi connectivity index (χ1) is 15.9. The number of amides is 1. The lowest BCUT2D eigenvalue weighted by Crippen LogP contribution is -2.31. The zero-order valence-electron chi connectivity index (χ0n) is 17.8. The number of hydrogen-bond acceptors (Lipinski definition) is 7. The second-order valence-corrected chi connectivity index (χ2v) is 8.04. The predicted molar refractivity (Wildman–Crippen MR) is 127 cm³/mol. The highest BCUT2D eigenvalue weighted by Crippen LogP contribution is 2.32. The number of thiophene rings is 1. The van der Waals surface area contributed by atoms with Crippen LogP contribution in [0.4, 0.5) is 11.4 Å². The average Bonchev–Trinajstić information content (AvgIpc) is 3.25. The third-order valence-corrected chi connectivity index (χ3v) is 6.04. The van der Waals surface area contributed by atoms with Crippen molar-refractivity contribution in [2.75, 3.05) is 11.9 Å². The molecule has 0 spiro atoms. The summed E-state index contributed by atoms with van der Waals surface area (Å²) in [6.07, 6.45) is 1.36. The van der Waals surface area contributed by atoms with Crippen LogP contribution < -0.4 is 15.6 Å². The van der Waals surface area contributed by atoms with Crippen LogP contribution in [0.15, 0.2) is 65.0 Å². The summed E-state index contributed by atoms with van der Waals surface area (Å²) in [5.74, 6) is 0.150. The molecule has 1 unspecified atom stereocenters. The predicted octanol–water partition coefficient (Wildman–Crippen LogP) is 4.63. The lowest BCUT2D eigenvalue weighted by atomic mass is 10.1. The molecule has 1 N–H and O–H groups in total. The van der Waals surface area contributed by atoms with Gasteiger partial charge in [-0.25, -0.2) is 4.98 Å². The number of rotatable bonds is 7. The van der Waals surface area contributed by atoms with Crippen molar-refractivity contribution in [3.8, 4) is 16.9 Å². The quantitative estimate of drug-likeness (QED) is 0.315. The number of ether oxygens (including phenoxy) is 1. The number of nitrogens with zero attached hydrogens (tertiary/aromatic N) is 3. The zero-order chi connectivity index (χ0) is 23.5. The summed E-state index contributed by atoms with van der Waals surface area (Å²) in [6.45, 7) is 3.92. The first-order valence-electron chi connectivity index (χ1n) is 10.2. The van der Waals surface area contributed by atoms with Gasteiger partial charge in [0, 0.05) is 23.1 Å². The molecule has 2 aromatic carbocycles. The molecule has 0 bridgehead atoms.